The van der Waals surface area contributed by atoms with Crippen LogP contribution in [0, 0.1) is 23.7 Å². The summed E-state index contributed by atoms with van der Waals surface area (Å²) < 4.78 is 0. The Hall–Kier alpha value is -4.40. The zero-order valence-corrected chi connectivity index (χ0v) is 23.0. The van der Waals surface area contributed by atoms with Crippen molar-refractivity contribution in [2.45, 2.75) is 52.4 Å². The van der Waals surface area contributed by atoms with Crippen LogP contribution in [0.5, 0.6) is 0 Å². The van der Waals surface area contributed by atoms with E-state index in [1.807, 2.05) is 12.4 Å². The highest BCUT2D eigenvalue weighted by atomic mass is 14.7. The molecule has 0 saturated heterocycles. The first-order valence-electron chi connectivity index (χ1n) is 13.0. The predicted molar refractivity (Wildman–Crippen MR) is 159 cm³/mol. The highest BCUT2D eigenvalue weighted by molar-refractivity contribution is 6.03. The Labute approximate surface area is 226 Å². The van der Waals surface area contributed by atoms with E-state index in [4.69, 9.17) is 9.97 Å². The van der Waals surface area contributed by atoms with Crippen molar-refractivity contribution in [1.82, 2.24) is 9.97 Å². The fraction of sp³-hybridized carbons (Fsp3) is 0.222. The van der Waals surface area contributed by atoms with Crippen LogP contribution in [0.2, 0.25) is 0 Å². The van der Waals surface area contributed by atoms with E-state index in [0.717, 1.165) is 44.1 Å². The van der Waals surface area contributed by atoms with E-state index in [-0.39, 0.29) is 10.8 Å². The molecule has 38 heavy (non-hydrogen) atoms. The van der Waals surface area contributed by atoms with E-state index in [1.165, 1.54) is 11.1 Å². The number of benzene rings is 3. The first-order valence-corrected chi connectivity index (χ1v) is 13.0. The largest absolute Gasteiger partial charge is 0.253 e. The van der Waals surface area contributed by atoms with Crippen LogP contribution >= 0.6 is 0 Å². The zero-order valence-electron chi connectivity index (χ0n) is 23.0. The van der Waals surface area contributed by atoms with E-state index < -0.39 is 0 Å². The van der Waals surface area contributed by atoms with Gasteiger partial charge in [-0.2, -0.15) is 0 Å². The van der Waals surface area contributed by atoms with Crippen molar-refractivity contribution in [3.05, 3.63) is 119 Å². The number of hydrogen-bond donors (Lipinski definition) is 0. The van der Waals surface area contributed by atoms with Gasteiger partial charge in [0.05, 0.1) is 11.0 Å². The minimum atomic E-state index is 0.136. The van der Waals surface area contributed by atoms with Crippen molar-refractivity contribution in [3.63, 3.8) is 0 Å². The SMILES string of the molecule is CC(C)(C)c1ccc(C#Cc2cnc3c(ccc4cc(C#Cc5ccc(C(C)(C)C)cc5)cnc43)c2)cc1. The van der Waals surface area contributed by atoms with Crippen molar-refractivity contribution < 1.29 is 0 Å². The zero-order chi connectivity index (χ0) is 26.9. The lowest BCUT2D eigenvalue weighted by Crippen LogP contribution is -2.10. The van der Waals surface area contributed by atoms with Crippen LogP contribution in [-0.4, -0.2) is 9.97 Å². The van der Waals surface area contributed by atoms with Crippen LogP contribution in [0.3, 0.4) is 0 Å². The lowest BCUT2D eigenvalue weighted by Gasteiger charge is -2.18. The van der Waals surface area contributed by atoms with Gasteiger partial charge in [0.1, 0.15) is 0 Å². The summed E-state index contributed by atoms with van der Waals surface area (Å²) in [5.74, 6) is 13.1. The molecule has 0 aliphatic rings. The molecule has 0 aliphatic heterocycles. The maximum atomic E-state index is 4.72. The van der Waals surface area contributed by atoms with E-state index in [0.29, 0.717) is 0 Å². The fourth-order valence-electron chi connectivity index (χ4n) is 4.33. The fourth-order valence-corrected chi connectivity index (χ4v) is 4.33. The van der Waals surface area contributed by atoms with E-state index in [1.54, 1.807) is 0 Å². The quantitative estimate of drug-likeness (QED) is 0.161. The van der Waals surface area contributed by atoms with Crippen LogP contribution in [0.15, 0.2) is 85.2 Å². The van der Waals surface area contributed by atoms with Gasteiger partial charge in [0.15, 0.2) is 0 Å². The summed E-state index contributed by atoms with van der Waals surface area (Å²) in [5.41, 5.74) is 8.40. The number of aromatic nitrogens is 2. The molecular weight excluding hydrogens is 460 g/mol. The van der Waals surface area contributed by atoms with Crippen molar-refractivity contribution in [2.24, 2.45) is 0 Å². The summed E-state index contributed by atoms with van der Waals surface area (Å²) >= 11 is 0. The molecule has 0 amide bonds. The average Bonchev–Trinajstić information content (AvgIpc) is 2.90. The molecule has 2 aromatic heterocycles. The molecule has 2 heterocycles. The Morgan fingerprint density at radius 2 is 0.789 bits per heavy atom. The predicted octanol–water partition coefficient (Wildman–Crippen LogP) is 8.18. The first-order chi connectivity index (χ1) is 18.1. The molecular formula is C36H32N2. The van der Waals surface area contributed by atoms with Gasteiger partial charge in [0.2, 0.25) is 0 Å². The molecule has 0 N–H and O–H groups in total. The minimum Gasteiger partial charge on any atom is -0.253 e. The van der Waals surface area contributed by atoms with Gasteiger partial charge in [-0.05, 0) is 58.4 Å². The molecule has 0 spiro atoms. The third kappa shape index (κ3) is 5.61. The molecule has 0 fully saturated rings. The van der Waals surface area contributed by atoms with Gasteiger partial charge in [-0.1, -0.05) is 102 Å². The Morgan fingerprint density at radius 1 is 0.447 bits per heavy atom. The van der Waals surface area contributed by atoms with Gasteiger partial charge in [-0.3, -0.25) is 9.97 Å². The molecule has 0 unspecified atom stereocenters. The number of hydrogen-bond acceptors (Lipinski definition) is 2. The lowest BCUT2D eigenvalue weighted by atomic mass is 9.87. The third-order valence-electron chi connectivity index (χ3n) is 6.71. The standard InChI is InChI=1S/C36H32N2/c1-35(2,3)31-17-11-25(12-18-31)7-9-27-21-29-15-16-30-22-28(24-38-34(30)33(29)37-23-27)10-8-26-13-19-32(20-14-26)36(4,5)6/h11-24H,1-6H3. The highest BCUT2D eigenvalue weighted by Crippen LogP contribution is 2.25. The maximum absolute atomic E-state index is 4.72. The van der Waals surface area contributed by atoms with E-state index in [2.05, 4.69) is 138 Å². The highest BCUT2D eigenvalue weighted by Gasteiger charge is 2.13. The van der Waals surface area contributed by atoms with Gasteiger partial charge < -0.3 is 0 Å². The Morgan fingerprint density at radius 3 is 1.13 bits per heavy atom. The summed E-state index contributed by atoms with van der Waals surface area (Å²) in [4.78, 5) is 9.44. The Kier molecular flexibility index (Phi) is 6.52. The van der Waals surface area contributed by atoms with Gasteiger partial charge in [-0.15, -0.1) is 0 Å². The number of pyridine rings is 2. The van der Waals surface area contributed by atoms with Gasteiger partial charge in [0.25, 0.3) is 0 Å². The second kappa shape index (κ2) is 9.81. The second-order valence-electron chi connectivity index (χ2n) is 11.8. The Bertz CT molecular complexity index is 1620. The summed E-state index contributed by atoms with van der Waals surface area (Å²) in [7, 11) is 0. The molecule has 0 aliphatic carbocycles. The van der Waals surface area contributed by atoms with E-state index in [9.17, 15) is 0 Å². The van der Waals surface area contributed by atoms with Crippen molar-refractivity contribution in [1.29, 1.82) is 0 Å². The molecule has 2 nitrogen and oxygen atoms in total. The molecule has 0 radical (unpaired) electrons. The summed E-state index contributed by atoms with van der Waals surface area (Å²) in [5, 5.41) is 2.05. The Balaban J connectivity index is 1.38. The molecule has 0 atom stereocenters. The van der Waals surface area contributed by atoms with Gasteiger partial charge >= 0.3 is 0 Å². The molecule has 2 heteroatoms. The molecule has 5 aromatic rings. The van der Waals surface area contributed by atoms with Crippen molar-refractivity contribution >= 4 is 21.8 Å². The first kappa shape index (κ1) is 25.3. The monoisotopic (exact) mass is 492 g/mol. The molecule has 186 valence electrons. The van der Waals surface area contributed by atoms with Gasteiger partial charge in [0, 0.05) is 45.4 Å². The molecule has 5 rings (SSSR count). The average molecular weight is 493 g/mol. The normalized spacial score (nSPS) is 11.5. The summed E-state index contributed by atoms with van der Waals surface area (Å²) in [6.45, 7) is 13.3. The van der Waals surface area contributed by atoms with Crippen LogP contribution in [0.25, 0.3) is 21.8 Å². The van der Waals surface area contributed by atoms with Crippen LogP contribution in [0.4, 0.5) is 0 Å². The lowest BCUT2D eigenvalue weighted by molar-refractivity contribution is 0.590. The number of fused-ring (bicyclic) bond motifs is 3. The summed E-state index contributed by atoms with van der Waals surface area (Å²) in [6.07, 6.45) is 3.66. The second-order valence-corrected chi connectivity index (χ2v) is 11.8. The topological polar surface area (TPSA) is 25.8 Å². The minimum absolute atomic E-state index is 0.136. The van der Waals surface area contributed by atoms with Crippen molar-refractivity contribution in [2.75, 3.05) is 0 Å². The van der Waals surface area contributed by atoms with Crippen LogP contribution in [0.1, 0.15) is 74.9 Å². The number of nitrogens with zero attached hydrogens (tertiary/aromatic N) is 2. The molecule has 3 aromatic carbocycles. The van der Waals surface area contributed by atoms with Crippen molar-refractivity contribution in [3.8, 4) is 23.7 Å². The summed E-state index contributed by atoms with van der Waals surface area (Å²) in [6, 6.07) is 25.3. The molecule has 0 bridgehead atoms. The smallest absolute Gasteiger partial charge is 0.0965 e. The van der Waals surface area contributed by atoms with Crippen LogP contribution in [-0.2, 0) is 10.8 Å². The van der Waals surface area contributed by atoms with Crippen LogP contribution < -0.4 is 0 Å². The number of rotatable bonds is 0. The third-order valence-corrected chi connectivity index (χ3v) is 6.71. The maximum Gasteiger partial charge on any atom is 0.0965 e. The van der Waals surface area contributed by atoms with E-state index >= 15 is 0 Å². The molecule has 0 saturated carbocycles. The van der Waals surface area contributed by atoms with Gasteiger partial charge in [-0.25, -0.2) is 0 Å².